The zero-order chi connectivity index (χ0) is 12.3. The van der Waals surface area contributed by atoms with Gasteiger partial charge in [-0.1, -0.05) is 24.3 Å². The number of aromatic nitrogens is 2. The van der Waals surface area contributed by atoms with Crippen molar-refractivity contribution in [2.75, 3.05) is 11.5 Å². The molecule has 2 aromatic carbocycles. The molecule has 0 aliphatic carbocycles. The Kier molecular flexibility index (Phi) is 1.56. The number of hydrogen-bond acceptors (Lipinski definition) is 2. The number of nitrogens with two attached hydrogens (primary N) is 2. The number of benzene rings is 2. The molecule has 0 aliphatic heterocycles. The standard InChI is InChI=1S/C14H12N4/c15-11-5-7-1-3-9-10(13(7)17-11)4-2-8-6-12(16)18-14(8)9/h1-6,17-18H,15-16H2. The summed E-state index contributed by atoms with van der Waals surface area (Å²) in [6, 6.07) is 12.2. The maximum atomic E-state index is 5.81. The van der Waals surface area contributed by atoms with Crippen LogP contribution in [0.1, 0.15) is 0 Å². The SMILES string of the molecule is Nc1cc2ccc3c(ccc4cc(N)[nH]c43)c2[nH]1. The number of rotatable bonds is 0. The van der Waals surface area contributed by atoms with E-state index in [1.54, 1.807) is 0 Å². The van der Waals surface area contributed by atoms with E-state index in [-0.39, 0.29) is 0 Å². The first-order valence-corrected chi connectivity index (χ1v) is 5.80. The zero-order valence-corrected chi connectivity index (χ0v) is 9.62. The van der Waals surface area contributed by atoms with Gasteiger partial charge < -0.3 is 21.4 Å². The van der Waals surface area contributed by atoms with Crippen LogP contribution in [0.25, 0.3) is 32.6 Å². The van der Waals surface area contributed by atoms with Crippen LogP contribution in [0.5, 0.6) is 0 Å². The third-order valence-corrected chi connectivity index (χ3v) is 3.43. The molecule has 0 aliphatic rings. The third-order valence-electron chi connectivity index (χ3n) is 3.43. The van der Waals surface area contributed by atoms with Crippen molar-refractivity contribution >= 4 is 44.2 Å². The number of aromatic amines is 2. The monoisotopic (exact) mass is 236 g/mol. The predicted octanol–water partition coefficient (Wildman–Crippen LogP) is 2.97. The molecule has 0 unspecified atom stereocenters. The van der Waals surface area contributed by atoms with Crippen molar-refractivity contribution in [2.45, 2.75) is 0 Å². The Morgan fingerprint density at radius 1 is 0.667 bits per heavy atom. The Balaban J connectivity index is 2.29. The summed E-state index contributed by atoms with van der Waals surface area (Å²) < 4.78 is 0. The van der Waals surface area contributed by atoms with Crippen LogP contribution in [0.3, 0.4) is 0 Å². The van der Waals surface area contributed by atoms with Gasteiger partial charge in [0.05, 0.1) is 11.0 Å². The Labute approximate surface area is 103 Å². The Morgan fingerprint density at radius 3 is 1.56 bits per heavy atom. The summed E-state index contributed by atoms with van der Waals surface area (Å²) in [6.07, 6.45) is 0. The van der Waals surface area contributed by atoms with E-state index in [0.29, 0.717) is 11.6 Å². The molecular formula is C14H12N4. The lowest BCUT2D eigenvalue weighted by Gasteiger charge is -2.01. The highest BCUT2D eigenvalue weighted by Gasteiger charge is 2.08. The molecule has 4 nitrogen and oxygen atoms in total. The molecule has 0 saturated heterocycles. The minimum Gasteiger partial charge on any atom is -0.385 e. The summed E-state index contributed by atoms with van der Waals surface area (Å²) in [4.78, 5) is 6.41. The molecule has 18 heavy (non-hydrogen) atoms. The van der Waals surface area contributed by atoms with Gasteiger partial charge in [-0.25, -0.2) is 0 Å². The second kappa shape index (κ2) is 2.98. The number of nitrogens with one attached hydrogen (secondary N) is 2. The molecule has 4 aromatic rings. The average Bonchev–Trinajstić information content (AvgIpc) is 2.89. The molecule has 0 spiro atoms. The topological polar surface area (TPSA) is 83.6 Å². The van der Waals surface area contributed by atoms with E-state index in [0.717, 1.165) is 32.6 Å². The maximum Gasteiger partial charge on any atom is 0.101 e. The van der Waals surface area contributed by atoms with E-state index in [2.05, 4.69) is 34.2 Å². The fraction of sp³-hybridized carbons (Fsp3) is 0. The van der Waals surface area contributed by atoms with Gasteiger partial charge in [0.2, 0.25) is 0 Å². The third kappa shape index (κ3) is 1.09. The van der Waals surface area contributed by atoms with Crippen LogP contribution in [0.15, 0.2) is 36.4 Å². The Morgan fingerprint density at radius 2 is 1.11 bits per heavy atom. The summed E-state index contributed by atoms with van der Waals surface area (Å²) in [5, 5.41) is 4.55. The van der Waals surface area contributed by atoms with Gasteiger partial charge in [0, 0.05) is 21.5 Å². The van der Waals surface area contributed by atoms with Gasteiger partial charge in [-0.05, 0) is 12.1 Å². The van der Waals surface area contributed by atoms with Gasteiger partial charge in [-0.3, -0.25) is 0 Å². The maximum absolute atomic E-state index is 5.81. The van der Waals surface area contributed by atoms with Crippen LogP contribution in [0.2, 0.25) is 0 Å². The molecule has 2 heterocycles. The second-order valence-electron chi connectivity index (χ2n) is 4.60. The van der Waals surface area contributed by atoms with Gasteiger partial charge in [-0.15, -0.1) is 0 Å². The van der Waals surface area contributed by atoms with Crippen LogP contribution in [0.4, 0.5) is 11.6 Å². The summed E-state index contributed by atoms with van der Waals surface area (Å²) in [5.74, 6) is 1.37. The number of anilines is 2. The number of H-pyrrole nitrogens is 2. The van der Waals surface area contributed by atoms with E-state index in [1.807, 2.05) is 12.1 Å². The van der Waals surface area contributed by atoms with Crippen molar-refractivity contribution in [3.05, 3.63) is 36.4 Å². The van der Waals surface area contributed by atoms with E-state index in [4.69, 9.17) is 11.5 Å². The van der Waals surface area contributed by atoms with E-state index >= 15 is 0 Å². The summed E-state index contributed by atoms with van der Waals surface area (Å²) in [7, 11) is 0. The van der Waals surface area contributed by atoms with Crippen LogP contribution in [0, 0.1) is 0 Å². The minimum absolute atomic E-state index is 0.684. The lowest BCUT2D eigenvalue weighted by molar-refractivity contribution is 1.48. The number of nitrogen functional groups attached to an aromatic ring is 2. The summed E-state index contributed by atoms with van der Waals surface area (Å²) in [6.45, 7) is 0. The summed E-state index contributed by atoms with van der Waals surface area (Å²) in [5.41, 5.74) is 13.8. The fourth-order valence-electron chi connectivity index (χ4n) is 2.65. The van der Waals surface area contributed by atoms with Crippen LogP contribution < -0.4 is 11.5 Å². The minimum atomic E-state index is 0.684. The van der Waals surface area contributed by atoms with Gasteiger partial charge in [0.25, 0.3) is 0 Å². The highest BCUT2D eigenvalue weighted by atomic mass is 14.9. The van der Waals surface area contributed by atoms with Crippen molar-refractivity contribution in [2.24, 2.45) is 0 Å². The normalized spacial score (nSPS) is 11.8. The lowest BCUT2D eigenvalue weighted by atomic mass is 10.1. The average molecular weight is 236 g/mol. The Bertz CT molecular complexity index is 822. The Hall–Kier alpha value is -2.62. The zero-order valence-electron chi connectivity index (χ0n) is 9.62. The van der Waals surface area contributed by atoms with Crippen molar-refractivity contribution in [3.63, 3.8) is 0 Å². The molecule has 88 valence electrons. The molecule has 0 amide bonds. The first-order valence-electron chi connectivity index (χ1n) is 5.80. The van der Waals surface area contributed by atoms with Gasteiger partial charge in [0.1, 0.15) is 11.6 Å². The lowest BCUT2D eigenvalue weighted by Crippen LogP contribution is -1.82. The number of hydrogen-bond donors (Lipinski definition) is 4. The molecule has 0 radical (unpaired) electrons. The smallest absolute Gasteiger partial charge is 0.101 e. The van der Waals surface area contributed by atoms with Crippen molar-refractivity contribution < 1.29 is 0 Å². The van der Waals surface area contributed by atoms with E-state index < -0.39 is 0 Å². The highest BCUT2D eigenvalue weighted by Crippen LogP contribution is 2.31. The molecule has 0 saturated carbocycles. The molecule has 4 heteroatoms. The first-order chi connectivity index (χ1) is 8.72. The molecular weight excluding hydrogens is 224 g/mol. The molecule has 6 N–H and O–H groups in total. The van der Waals surface area contributed by atoms with Crippen molar-refractivity contribution in [1.82, 2.24) is 9.97 Å². The second-order valence-corrected chi connectivity index (χ2v) is 4.60. The quantitative estimate of drug-likeness (QED) is 0.378. The summed E-state index contributed by atoms with van der Waals surface area (Å²) >= 11 is 0. The van der Waals surface area contributed by atoms with Crippen LogP contribution in [-0.4, -0.2) is 9.97 Å². The largest absolute Gasteiger partial charge is 0.385 e. The van der Waals surface area contributed by atoms with Gasteiger partial charge in [0.15, 0.2) is 0 Å². The van der Waals surface area contributed by atoms with Crippen LogP contribution in [-0.2, 0) is 0 Å². The van der Waals surface area contributed by atoms with Crippen molar-refractivity contribution in [3.8, 4) is 0 Å². The van der Waals surface area contributed by atoms with Crippen LogP contribution >= 0.6 is 0 Å². The molecule has 0 atom stereocenters. The van der Waals surface area contributed by atoms with E-state index in [1.165, 1.54) is 0 Å². The molecule has 0 fully saturated rings. The fourth-order valence-corrected chi connectivity index (χ4v) is 2.65. The first kappa shape index (κ1) is 9.41. The predicted molar refractivity (Wildman–Crippen MR) is 76.5 cm³/mol. The van der Waals surface area contributed by atoms with Gasteiger partial charge in [-0.2, -0.15) is 0 Å². The molecule has 2 aromatic heterocycles. The molecule has 4 rings (SSSR count). The highest BCUT2D eigenvalue weighted by molar-refractivity contribution is 6.16. The number of fused-ring (bicyclic) bond motifs is 5. The van der Waals surface area contributed by atoms with Crippen molar-refractivity contribution in [1.29, 1.82) is 0 Å². The van der Waals surface area contributed by atoms with E-state index in [9.17, 15) is 0 Å². The van der Waals surface area contributed by atoms with Gasteiger partial charge >= 0.3 is 0 Å². The molecule has 0 bridgehead atoms.